The molecular weight excluding hydrogens is 296 g/mol. The standard InChI is InChI=1S/C17H26N2O2S/c1-16(2,3)19-10-8-17(9-11-19)12-22(20,21)14-7-5-4-6-13(14)15(17)18/h4-7,15H,8-12,18H2,1-3H3/t15-/m1/s1. The maximum Gasteiger partial charge on any atom is 0.179 e. The van der Waals surface area contributed by atoms with Crippen LogP contribution in [0.15, 0.2) is 29.2 Å². The lowest BCUT2D eigenvalue weighted by Crippen LogP contribution is -2.55. The lowest BCUT2D eigenvalue weighted by molar-refractivity contribution is 0.0379. The van der Waals surface area contributed by atoms with Gasteiger partial charge in [0.05, 0.1) is 10.6 Å². The average molecular weight is 322 g/mol. The van der Waals surface area contributed by atoms with Crippen molar-refractivity contribution in [2.45, 2.75) is 50.1 Å². The van der Waals surface area contributed by atoms with Gasteiger partial charge in [-0.25, -0.2) is 8.42 Å². The number of fused-ring (bicyclic) bond motifs is 1. The second kappa shape index (κ2) is 5.05. The fourth-order valence-electron chi connectivity index (χ4n) is 3.97. The first-order valence-corrected chi connectivity index (χ1v) is 9.63. The summed E-state index contributed by atoms with van der Waals surface area (Å²) in [5.41, 5.74) is 7.16. The highest BCUT2D eigenvalue weighted by atomic mass is 32.2. The summed E-state index contributed by atoms with van der Waals surface area (Å²) in [5, 5.41) is 0. The van der Waals surface area contributed by atoms with Crippen molar-refractivity contribution in [3.05, 3.63) is 29.8 Å². The third kappa shape index (κ3) is 2.49. The van der Waals surface area contributed by atoms with Crippen LogP contribution in [-0.2, 0) is 9.84 Å². The monoisotopic (exact) mass is 322 g/mol. The number of hydrogen-bond acceptors (Lipinski definition) is 4. The fraction of sp³-hybridized carbons (Fsp3) is 0.647. The van der Waals surface area contributed by atoms with Gasteiger partial charge in [-0.1, -0.05) is 18.2 Å². The summed E-state index contributed by atoms with van der Waals surface area (Å²) >= 11 is 0. The molecule has 0 aliphatic carbocycles. The van der Waals surface area contributed by atoms with Crippen LogP contribution in [0.5, 0.6) is 0 Å². The van der Waals surface area contributed by atoms with Crippen molar-refractivity contribution in [2.75, 3.05) is 18.8 Å². The molecule has 2 aliphatic heterocycles. The lowest BCUT2D eigenvalue weighted by Gasteiger charge is -2.50. The lowest BCUT2D eigenvalue weighted by atomic mass is 9.71. The van der Waals surface area contributed by atoms with Crippen LogP contribution in [-0.4, -0.2) is 37.7 Å². The summed E-state index contributed by atoms with van der Waals surface area (Å²) in [4.78, 5) is 2.87. The first-order valence-electron chi connectivity index (χ1n) is 7.98. The molecule has 2 heterocycles. The van der Waals surface area contributed by atoms with Gasteiger partial charge in [0.1, 0.15) is 0 Å². The van der Waals surface area contributed by atoms with E-state index in [4.69, 9.17) is 5.73 Å². The number of benzene rings is 1. The maximum absolute atomic E-state index is 12.7. The van der Waals surface area contributed by atoms with Crippen LogP contribution in [0.4, 0.5) is 0 Å². The minimum Gasteiger partial charge on any atom is -0.323 e. The Morgan fingerprint density at radius 3 is 2.36 bits per heavy atom. The number of hydrogen-bond donors (Lipinski definition) is 1. The smallest absolute Gasteiger partial charge is 0.179 e. The van der Waals surface area contributed by atoms with Gasteiger partial charge in [-0.3, -0.25) is 4.90 Å². The molecule has 0 saturated carbocycles. The fourth-order valence-corrected chi connectivity index (χ4v) is 6.20. The van der Waals surface area contributed by atoms with Crippen molar-refractivity contribution in [2.24, 2.45) is 11.1 Å². The molecule has 5 heteroatoms. The van der Waals surface area contributed by atoms with E-state index < -0.39 is 9.84 Å². The van der Waals surface area contributed by atoms with Gasteiger partial charge in [-0.15, -0.1) is 0 Å². The van der Waals surface area contributed by atoms with Crippen molar-refractivity contribution < 1.29 is 8.42 Å². The molecule has 0 unspecified atom stereocenters. The number of nitrogens with zero attached hydrogens (tertiary/aromatic N) is 1. The van der Waals surface area contributed by atoms with Gasteiger partial charge in [-0.05, 0) is 58.3 Å². The second-order valence-corrected chi connectivity index (χ2v) is 9.75. The third-order valence-electron chi connectivity index (χ3n) is 5.43. The Morgan fingerprint density at radius 2 is 1.77 bits per heavy atom. The molecule has 22 heavy (non-hydrogen) atoms. The first kappa shape index (κ1) is 16.0. The molecule has 0 bridgehead atoms. The number of piperidine rings is 1. The highest BCUT2D eigenvalue weighted by Crippen LogP contribution is 2.49. The Morgan fingerprint density at radius 1 is 1.18 bits per heavy atom. The summed E-state index contributed by atoms with van der Waals surface area (Å²) in [5.74, 6) is 0.191. The van der Waals surface area contributed by atoms with Crippen LogP contribution in [0.2, 0.25) is 0 Å². The van der Waals surface area contributed by atoms with E-state index in [2.05, 4.69) is 25.7 Å². The molecule has 3 rings (SSSR count). The SMILES string of the molecule is CC(C)(C)N1CCC2(CC1)CS(=O)(=O)c1ccccc1[C@H]2N. The van der Waals surface area contributed by atoms with Gasteiger partial charge < -0.3 is 5.73 Å². The summed E-state index contributed by atoms with van der Waals surface area (Å²) < 4.78 is 25.4. The van der Waals surface area contributed by atoms with Gasteiger partial charge in [0.25, 0.3) is 0 Å². The molecule has 2 aliphatic rings. The summed E-state index contributed by atoms with van der Waals surface area (Å²) in [6, 6.07) is 7.06. The van der Waals surface area contributed by atoms with Crippen molar-refractivity contribution in [1.29, 1.82) is 0 Å². The average Bonchev–Trinajstić information content (AvgIpc) is 2.44. The van der Waals surface area contributed by atoms with Crippen molar-refractivity contribution in [1.82, 2.24) is 4.90 Å². The van der Waals surface area contributed by atoms with Crippen LogP contribution >= 0.6 is 0 Å². The predicted octanol–water partition coefficient (Wildman–Crippen LogP) is 2.35. The van der Waals surface area contributed by atoms with E-state index >= 15 is 0 Å². The minimum absolute atomic E-state index is 0.122. The van der Waals surface area contributed by atoms with Crippen LogP contribution < -0.4 is 5.73 Å². The van der Waals surface area contributed by atoms with Crippen LogP contribution in [0, 0.1) is 5.41 Å². The number of nitrogens with two attached hydrogens (primary N) is 1. The normalized spacial score (nSPS) is 27.5. The first-order chi connectivity index (χ1) is 10.2. The zero-order chi connectivity index (χ0) is 16.2. The minimum atomic E-state index is -3.23. The molecule has 122 valence electrons. The summed E-state index contributed by atoms with van der Waals surface area (Å²) in [7, 11) is -3.23. The molecule has 1 aromatic carbocycles. The van der Waals surface area contributed by atoms with Gasteiger partial charge in [-0.2, -0.15) is 0 Å². The van der Waals surface area contributed by atoms with E-state index in [0.717, 1.165) is 31.5 Å². The quantitative estimate of drug-likeness (QED) is 0.796. The molecule has 0 radical (unpaired) electrons. The Bertz CT molecular complexity index is 668. The highest BCUT2D eigenvalue weighted by molar-refractivity contribution is 7.91. The molecule has 0 amide bonds. The second-order valence-electron chi connectivity index (χ2n) is 7.79. The Labute approximate surface area is 133 Å². The van der Waals surface area contributed by atoms with E-state index in [9.17, 15) is 8.42 Å². The number of sulfone groups is 1. The van der Waals surface area contributed by atoms with Crippen LogP contribution in [0.1, 0.15) is 45.2 Å². The maximum atomic E-state index is 12.7. The van der Waals surface area contributed by atoms with Crippen molar-refractivity contribution >= 4 is 9.84 Å². The van der Waals surface area contributed by atoms with E-state index in [1.54, 1.807) is 12.1 Å². The van der Waals surface area contributed by atoms with Gasteiger partial charge in [0.15, 0.2) is 9.84 Å². The molecule has 1 fully saturated rings. The molecular formula is C17H26N2O2S. The van der Waals surface area contributed by atoms with Crippen molar-refractivity contribution in [3.8, 4) is 0 Å². The molecule has 0 aromatic heterocycles. The summed E-state index contributed by atoms with van der Waals surface area (Å²) in [6.45, 7) is 8.44. The van der Waals surface area contributed by atoms with E-state index in [-0.39, 0.29) is 22.7 Å². The number of likely N-dealkylation sites (tertiary alicyclic amines) is 1. The zero-order valence-electron chi connectivity index (χ0n) is 13.7. The largest absolute Gasteiger partial charge is 0.323 e. The van der Waals surface area contributed by atoms with E-state index in [1.807, 2.05) is 12.1 Å². The van der Waals surface area contributed by atoms with Crippen molar-refractivity contribution in [3.63, 3.8) is 0 Å². The van der Waals surface area contributed by atoms with Gasteiger partial charge >= 0.3 is 0 Å². The van der Waals surface area contributed by atoms with Gasteiger partial charge in [0, 0.05) is 17.0 Å². The molecule has 4 nitrogen and oxygen atoms in total. The molecule has 1 atom stereocenters. The Balaban J connectivity index is 1.95. The third-order valence-corrected chi connectivity index (χ3v) is 7.43. The molecule has 1 spiro atoms. The highest BCUT2D eigenvalue weighted by Gasteiger charge is 2.49. The molecule has 2 N–H and O–H groups in total. The summed E-state index contributed by atoms with van der Waals surface area (Å²) in [6.07, 6.45) is 1.69. The Kier molecular flexibility index (Phi) is 3.66. The topological polar surface area (TPSA) is 63.4 Å². The Hall–Kier alpha value is -0.910. The van der Waals surface area contributed by atoms with E-state index in [1.165, 1.54) is 0 Å². The predicted molar refractivity (Wildman–Crippen MR) is 88.4 cm³/mol. The van der Waals surface area contributed by atoms with E-state index in [0.29, 0.717) is 4.90 Å². The van der Waals surface area contributed by atoms with Crippen LogP contribution in [0.3, 0.4) is 0 Å². The van der Waals surface area contributed by atoms with Crippen LogP contribution in [0.25, 0.3) is 0 Å². The van der Waals surface area contributed by atoms with Gasteiger partial charge in [0.2, 0.25) is 0 Å². The zero-order valence-corrected chi connectivity index (χ0v) is 14.5. The molecule has 1 aromatic rings. The molecule has 1 saturated heterocycles. The number of rotatable bonds is 0.